The smallest absolute Gasteiger partial charge is 0.225 e. The number of rotatable bonds is 4. The predicted octanol–water partition coefficient (Wildman–Crippen LogP) is 4.10. The first-order valence-corrected chi connectivity index (χ1v) is 7.72. The Labute approximate surface area is 133 Å². The number of nitrogens with two attached hydrogens (primary N) is 1. The van der Waals surface area contributed by atoms with Crippen LogP contribution in [0.3, 0.4) is 0 Å². The van der Waals surface area contributed by atoms with Gasteiger partial charge in [0, 0.05) is 0 Å². The Kier molecular flexibility index (Phi) is 4.70. The van der Waals surface area contributed by atoms with E-state index in [0.717, 1.165) is 11.1 Å². The molecule has 0 saturated heterocycles. The monoisotopic (exact) mass is 295 g/mol. The van der Waals surface area contributed by atoms with E-state index in [1.54, 1.807) is 0 Å². The first kappa shape index (κ1) is 16.3. The molecule has 2 nitrogen and oxygen atoms in total. The minimum Gasteiger partial charge on any atom is -0.369 e. The standard InChI is InChI=1S/C20H25NO/c1-14-5-9-16(10-6-14)18(19(21)22)13-15-7-11-17(12-8-15)20(2,3)4/h5-12,18H,13H2,1-4H3,(H2,21,22). The maximum Gasteiger partial charge on any atom is 0.225 e. The number of carbonyl (C=O) groups is 1. The Bertz CT molecular complexity index is 633. The van der Waals surface area contributed by atoms with Gasteiger partial charge in [0.25, 0.3) is 0 Å². The average molecular weight is 295 g/mol. The summed E-state index contributed by atoms with van der Waals surface area (Å²) in [5, 5.41) is 0. The highest BCUT2D eigenvalue weighted by atomic mass is 16.1. The van der Waals surface area contributed by atoms with Gasteiger partial charge in [-0.05, 0) is 35.4 Å². The largest absolute Gasteiger partial charge is 0.369 e. The summed E-state index contributed by atoms with van der Waals surface area (Å²) in [4.78, 5) is 11.8. The van der Waals surface area contributed by atoms with Crippen molar-refractivity contribution >= 4 is 5.91 Å². The van der Waals surface area contributed by atoms with Gasteiger partial charge in [-0.15, -0.1) is 0 Å². The van der Waals surface area contributed by atoms with Gasteiger partial charge in [0.2, 0.25) is 5.91 Å². The van der Waals surface area contributed by atoms with Gasteiger partial charge in [0.15, 0.2) is 0 Å². The van der Waals surface area contributed by atoms with E-state index in [0.29, 0.717) is 6.42 Å². The molecule has 1 unspecified atom stereocenters. The van der Waals surface area contributed by atoms with Crippen LogP contribution < -0.4 is 5.73 Å². The summed E-state index contributed by atoms with van der Waals surface area (Å²) in [6, 6.07) is 16.5. The van der Waals surface area contributed by atoms with E-state index < -0.39 is 0 Å². The van der Waals surface area contributed by atoms with Gasteiger partial charge in [0.05, 0.1) is 5.92 Å². The van der Waals surface area contributed by atoms with Crippen molar-refractivity contribution in [2.75, 3.05) is 0 Å². The van der Waals surface area contributed by atoms with E-state index in [9.17, 15) is 4.79 Å². The fourth-order valence-electron chi connectivity index (χ4n) is 2.56. The molecule has 0 aliphatic carbocycles. The minimum absolute atomic E-state index is 0.137. The zero-order valence-corrected chi connectivity index (χ0v) is 13.9. The lowest BCUT2D eigenvalue weighted by Crippen LogP contribution is -2.23. The van der Waals surface area contributed by atoms with Crippen molar-refractivity contribution in [2.24, 2.45) is 5.73 Å². The zero-order valence-electron chi connectivity index (χ0n) is 13.9. The van der Waals surface area contributed by atoms with Gasteiger partial charge >= 0.3 is 0 Å². The molecule has 0 heterocycles. The molecule has 0 bridgehead atoms. The molecule has 22 heavy (non-hydrogen) atoms. The molecule has 2 rings (SSSR count). The van der Waals surface area contributed by atoms with Crippen molar-refractivity contribution in [1.82, 2.24) is 0 Å². The SMILES string of the molecule is Cc1ccc(C(Cc2ccc(C(C)(C)C)cc2)C(N)=O)cc1. The van der Waals surface area contributed by atoms with Gasteiger partial charge in [-0.3, -0.25) is 4.79 Å². The second-order valence-electron chi connectivity index (χ2n) is 7.02. The molecular weight excluding hydrogens is 270 g/mol. The highest BCUT2D eigenvalue weighted by molar-refractivity contribution is 5.82. The van der Waals surface area contributed by atoms with Crippen LogP contribution in [-0.2, 0) is 16.6 Å². The molecular formula is C20H25NO. The van der Waals surface area contributed by atoms with Gasteiger partial charge in [-0.1, -0.05) is 74.9 Å². The van der Waals surface area contributed by atoms with Crippen molar-refractivity contribution in [3.05, 3.63) is 70.8 Å². The molecule has 0 aliphatic rings. The summed E-state index contributed by atoms with van der Waals surface area (Å²) >= 11 is 0. The second kappa shape index (κ2) is 6.35. The summed E-state index contributed by atoms with van der Waals surface area (Å²) in [5.41, 5.74) is 10.3. The van der Waals surface area contributed by atoms with Crippen LogP contribution in [0.25, 0.3) is 0 Å². The molecule has 0 aliphatic heterocycles. The molecule has 0 fully saturated rings. The summed E-state index contributed by atoms with van der Waals surface area (Å²) in [7, 11) is 0. The number of amides is 1. The van der Waals surface area contributed by atoms with E-state index in [1.165, 1.54) is 11.1 Å². The molecule has 0 aromatic heterocycles. The number of aryl methyl sites for hydroxylation is 1. The zero-order chi connectivity index (χ0) is 16.3. The van der Waals surface area contributed by atoms with Crippen molar-refractivity contribution in [1.29, 1.82) is 0 Å². The minimum atomic E-state index is -0.277. The average Bonchev–Trinajstić information content (AvgIpc) is 2.45. The van der Waals surface area contributed by atoms with Crippen LogP contribution in [0.5, 0.6) is 0 Å². The van der Waals surface area contributed by atoms with Crippen LogP contribution in [0.2, 0.25) is 0 Å². The number of benzene rings is 2. The highest BCUT2D eigenvalue weighted by Crippen LogP contribution is 2.25. The summed E-state index contributed by atoms with van der Waals surface area (Å²) in [6.45, 7) is 8.62. The van der Waals surface area contributed by atoms with Crippen LogP contribution in [-0.4, -0.2) is 5.91 Å². The summed E-state index contributed by atoms with van der Waals surface area (Å²) < 4.78 is 0. The summed E-state index contributed by atoms with van der Waals surface area (Å²) in [5.74, 6) is -0.551. The molecule has 2 N–H and O–H groups in total. The van der Waals surface area contributed by atoms with Crippen LogP contribution in [0.15, 0.2) is 48.5 Å². The Morgan fingerprint density at radius 3 is 2.00 bits per heavy atom. The van der Waals surface area contributed by atoms with Crippen molar-refractivity contribution in [2.45, 2.75) is 45.4 Å². The lowest BCUT2D eigenvalue weighted by Gasteiger charge is -2.20. The van der Waals surface area contributed by atoms with Gasteiger partial charge in [-0.2, -0.15) is 0 Å². The Morgan fingerprint density at radius 2 is 1.55 bits per heavy atom. The maximum atomic E-state index is 11.8. The van der Waals surface area contributed by atoms with E-state index in [4.69, 9.17) is 5.73 Å². The van der Waals surface area contributed by atoms with Gasteiger partial charge in [-0.25, -0.2) is 0 Å². The van der Waals surface area contributed by atoms with Crippen molar-refractivity contribution < 1.29 is 4.79 Å². The van der Waals surface area contributed by atoms with Crippen LogP contribution >= 0.6 is 0 Å². The first-order chi connectivity index (χ1) is 10.3. The third-order valence-electron chi connectivity index (χ3n) is 4.08. The maximum absolute atomic E-state index is 11.8. The number of primary amides is 1. The number of hydrogen-bond acceptors (Lipinski definition) is 1. The van der Waals surface area contributed by atoms with Crippen LogP contribution in [0.4, 0.5) is 0 Å². The summed E-state index contributed by atoms with van der Waals surface area (Å²) in [6.07, 6.45) is 0.642. The molecule has 2 aromatic rings. The van der Waals surface area contributed by atoms with E-state index in [1.807, 2.05) is 31.2 Å². The lowest BCUT2D eigenvalue weighted by molar-refractivity contribution is -0.119. The predicted molar refractivity (Wildman–Crippen MR) is 92.0 cm³/mol. The molecule has 0 saturated carbocycles. The molecule has 1 atom stereocenters. The fourth-order valence-corrected chi connectivity index (χ4v) is 2.56. The Morgan fingerprint density at radius 1 is 1.00 bits per heavy atom. The van der Waals surface area contributed by atoms with Gasteiger partial charge in [0.1, 0.15) is 0 Å². The topological polar surface area (TPSA) is 43.1 Å². The molecule has 0 spiro atoms. The molecule has 116 valence electrons. The van der Waals surface area contributed by atoms with Crippen LogP contribution in [0.1, 0.15) is 48.9 Å². The third kappa shape index (κ3) is 3.97. The first-order valence-electron chi connectivity index (χ1n) is 7.72. The van der Waals surface area contributed by atoms with E-state index in [-0.39, 0.29) is 17.2 Å². The lowest BCUT2D eigenvalue weighted by atomic mass is 9.85. The number of carbonyl (C=O) groups excluding carboxylic acids is 1. The van der Waals surface area contributed by atoms with Gasteiger partial charge < -0.3 is 5.73 Å². The molecule has 1 amide bonds. The number of hydrogen-bond donors (Lipinski definition) is 1. The van der Waals surface area contributed by atoms with Crippen molar-refractivity contribution in [3.63, 3.8) is 0 Å². The Balaban J connectivity index is 2.21. The molecule has 2 heteroatoms. The second-order valence-corrected chi connectivity index (χ2v) is 7.02. The Hall–Kier alpha value is -2.09. The van der Waals surface area contributed by atoms with E-state index in [2.05, 4.69) is 45.0 Å². The van der Waals surface area contributed by atoms with E-state index >= 15 is 0 Å². The normalized spacial score (nSPS) is 12.9. The highest BCUT2D eigenvalue weighted by Gasteiger charge is 2.19. The fraction of sp³-hybridized carbons (Fsp3) is 0.350. The third-order valence-corrected chi connectivity index (χ3v) is 4.08. The molecule has 0 radical (unpaired) electrons. The van der Waals surface area contributed by atoms with Crippen molar-refractivity contribution in [3.8, 4) is 0 Å². The molecule has 2 aromatic carbocycles. The van der Waals surface area contributed by atoms with Crippen LogP contribution in [0, 0.1) is 6.92 Å². The quantitative estimate of drug-likeness (QED) is 0.906.